The standard InChI is InChI=1S/C30H27F10NO4/c1-14(2)22-11-23(27(45-4)26(44)24(22)31)21-6-5-18(28(32,33)34)9-17(21)12-41(13-42)15(3)25(43)16-7-19(29(35,36)37)10-20(8-16)30(38,39)40/h5-11,13-15,25,43-44H,12H2,1-4H3/t15-,25-/m0/s1. The molecule has 45 heavy (non-hydrogen) atoms. The predicted molar refractivity (Wildman–Crippen MR) is 142 cm³/mol. The van der Waals surface area contributed by atoms with Gasteiger partial charge < -0.3 is 19.8 Å². The van der Waals surface area contributed by atoms with E-state index in [9.17, 15) is 58.9 Å². The Labute approximate surface area is 250 Å². The topological polar surface area (TPSA) is 70.0 Å². The number of hydrogen-bond donors (Lipinski definition) is 2. The van der Waals surface area contributed by atoms with E-state index in [0.717, 1.165) is 20.1 Å². The van der Waals surface area contributed by atoms with E-state index in [0.29, 0.717) is 17.0 Å². The fourth-order valence-electron chi connectivity index (χ4n) is 4.72. The lowest BCUT2D eigenvalue weighted by Gasteiger charge is -2.31. The summed E-state index contributed by atoms with van der Waals surface area (Å²) in [4.78, 5) is 12.8. The first-order valence-corrected chi connectivity index (χ1v) is 13.1. The van der Waals surface area contributed by atoms with Gasteiger partial charge in [0.2, 0.25) is 6.41 Å². The van der Waals surface area contributed by atoms with E-state index in [1.54, 1.807) is 13.8 Å². The molecule has 2 N–H and O–H groups in total. The van der Waals surface area contributed by atoms with Gasteiger partial charge in [0.25, 0.3) is 0 Å². The maximum atomic E-state index is 14.8. The van der Waals surface area contributed by atoms with Crippen molar-refractivity contribution in [3.63, 3.8) is 0 Å². The molecular weight excluding hydrogens is 628 g/mol. The minimum Gasteiger partial charge on any atom is -0.502 e. The van der Waals surface area contributed by atoms with Crippen LogP contribution in [0.25, 0.3) is 11.1 Å². The van der Waals surface area contributed by atoms with E-state index in [2.05, 4.69) is 0 Å². The molecule has 15 heteroatoms. The number of benzene rings is 3. The average Bonchev–Trinajstić information content (AvgIpc) is 2.94. The summed E-state index contributed by atoms with van der Waals surface area (Å²) in [5.41, 5.74) is -5.96. The molecule has 0 fully saturated rings. The van der Waals surface area contributed by atoms with Crippen LogP contribution in [0.15, 0.2) is 42.5 Å². The minimum absolute atomic E-state index is 0.0322. The van der Waals surface area contributed by atoms with E-state index >= 15 is 0 Å². The fraction of sp³-hybridized carbons (Fsp3) is 0.367. The molecule has 3 aromatic carbocycles. The average molecular weight is 656 g/mol. The number of phenolic OH excluding ortho intramolecular Hbond substituents is 1. The number of alkyl halides is 9. The van der Waals surface area contributed by atoms with Crippen LogP contribution >= 0.6 is 0 Å². The number of halogens is 10. The maximum absolute atomic E-state index is 14.8. The Hall–Kier alpha value is -4.01. The summed E-state index contributed by atoms with van der Waals surface area (Å²) in [6.07, 6.45) is -17.5. The zero-order chi connectivity index (χ0) is 34.2. The van der Waals surface area contributed by atoms with E-state index in [1.807, 2.05) is 0 Å². The molecule has 0 aliphatic rings. The normalized spacial score (nSPS) is 14.0. The number of aromatic hydroxyl groups is 1. The molecule has 0 aliphatic heterocycles. The Morgan fingerprint density at radius 1 is 0.822 bits per heavy atom. The third-order valence-electron chi connectivity index (χ3n) is 7.19. The van der Waals surface area contributed by atoms with Crippen LogP contribution in [0.3, 0.4) is 0 Å². The first-order chi connectivity index (χ1) is 20.6. The van der Waals surface area contributed by atoms with Crippen molar-refractivity contribution in [2.75, 3.05) is 7.11 Å². The van der Waals surface area contributed by atoms with Gasteiger partial charge in [0.15, 0.2) is 17.3 Å². The molecule has 2 atom stereocenters. The van der Waals surface area contributed by atoms with Crippen molar-refractivity contribution in [3.05, 3.63) is 81.7 Å². The number of hydrogen-bond acceptors (Lipinski definition) is 4. The minimum atomic E-state index is -5.23. The molecule has 0 radical (unpaired) electrons. The lowest BCUT2D eigenvalue weighted by Crippen LogP contribution is -2.36. The van der Waals surface area contributed by atoms with Gasteiger partial charge in [-0.25, -0.2) is 4.39 Å². The van der Waals surface area contributed by atoms with E-state index in [4.69, 9.17) is 4.74 Å². The van der Waals surface area contributed by atoms with E-state index < -0.39 is 82.7 Å². The maximum Gasteiger partial charge on any atom is 0.416 e. The highest BCUT2D eigenvalue weighted by molar-refractivity contribution is 5.78. The van der Waals surface area contributed by atoms with Crippen LogP contribution < -0.4 is 4.74 Å². The number of phenols is 1. The summed E-state index contributed by atoms with van der Waals surface area (Å²) < 4.78 is 141. The van der Waals surface area contributed by atoms with Gasteiger partial charge in [-0.1, -0.05) is 19.9 Å². The molecule has 0 saturated heterocycles. The van der Waals surface area contributed by atoms with E-state index in [1.165, 1.54) is 6.07 Å². The van der Waals surface area contributed by atoms with Crippen molar-refractivity contribution in [2.45, 2.75) is 63.9 Å². The molecule has 0 spiro atoms. The third kappa shape index (κ3) is 7.63. The van der Waals surface area contributed by atoms with Crippen LogP contribution in [-0.4, -0.2) is 34.7 Å². The number of amides is 1. The second-order valence-electron chi connectivity index (χ2n) is 10.5. The molecule has 0 heterocycles. The monoisotopic (exact) mass is 655 g/mol. The summed E-state index contributed by atoms with van der Waals surface area (Å²) in [6.45, 7) is 3.47. The smallest absolute Gasteiger partial charge is 0.416 e. The van der Waals surface area contributed by atoms with Crippen LogP contribution in [0.2, 0.25) is 0 Å². The number of ether oxygens (including phenoxy) is 1. The van der Waals surface area contributed by atoms with Gasteiger partial charge in [-0.05, 0) is 71.5 Å². The van der Waals surface area contributed by atoms with Gasteiger partial charge in [-0.15, -0.1) is 0 Å². The second-order valence-corrected chi connectivity index (χ2v) is 10.5. The molecule has 0 aromatic heterocycles. The summed E-state index contributed by atoms with van der Waals surface area (Å²) >= 11 is 0. The number of aliphatic hydroxyl groups excluding tert-OH is 1. The van der Waals surface area contributed by atoms with Gasteiger partial charge in [0, 0.05) is 12.1 Å². The summed E-state index contributed by atoms with van der Waals surface area (Å²) in [5, 5.41) is 21.3. The molecular formula is C30H27F10NO4. The van der Waals surface area contributed by atoms with Crippen molar-refractivity contribution in [1.29, 1.82) is 0 Å². The molecule has 3 aromatic rings. The van der Waals surface area contributed by atoms with Crippen LogP contribution in [0, 0.1) is 5.82 Å². The summed E-state index contributed by atoms with van der Waals surface area (Å²) in [6, 6.07) is 2.33. The Morgan fingerprint density at radius 3 is 1.80 bits per heavy atom. The first kappa shape index (κ1) is 35.5. The SMILES string of the molecule is COc1c(-c2ccc(C(F)(F)F)cc2CN(C=O)[C@@H](C)[C@H](O)c2cc(C(F)(F)F)cc(C(F)(F)F)c2)cc(C(C)C)c(F)c1O. The molecule has 0 aliphatic carbocycles. The lowest BCUT2D eigenvalue weighted by molar-refractivity contribution is -0.143. The van der Waals surface area contributed by atoms with Gasteiger partial charge in [0.05, 0.1) is 35.9 Å². The number of carbonyl (C=O) groups is 1. The Bertz CT molecular complexity index is 1520. The Kier molecular flexibility index (Phi) is 10.1. The quantitative estimate of drug-likeness (QED) is 0.179. The van der Waals surface area contributed by atoms with Crippen molar-refractivity contribution in [1.82, 2.24) is 4.90 Å². The summed E-state index contributed by atoms with van der Waals surface area (Å²) in [5.74, 6) is -2.95. The third-order valence-corrected chi connectivity index (χ3v) is 7.19. The number of methoxy groups -OCH3 is 1. The highest BCUT2D eigenvalue weighted by Crippen LogP contribution is 2.45. The zero-order valence-electron chi connectivity index (χ0n) is 24.0. The number of aliphatic hydroxyl groups is 1. The van der Waals surface area contributed by atoms with Crippen LogP contribution in [0.4, 0.5) is 43.9 Å². The second kappa shape index (κ2) is 12.8. The van der Waals surface area contributed by atoms with Crippen molar-refractivity contribution < 1.29 is 63.6 Å². The molecule has 246 valence electrons. The van der Waals surface area contributed by atoms with Crippen molar-refractivity contribution in [2.24, 2.45) is 0 Å². The molecule has 0 bridgehead atoms. The van der Waals surface area contributed by atoms with Crippen molar-refractivity contribution in [3.8, 4) is 22.6 Å². The number of carbonyl (C=O) groups excluding carboxylic acids is 1. The highest BCUT2D eigenvalue weighted by atomic mass is 19.4. The first-order valence-electron chi connectivity index (χ1n) is 13.1. The van der Waals surface area contributed by atoms with Crippen molar-refractivity contribution >= 4 is 6.41 Å². The van der Waals surface area contributed by atoms with Crippen LogP contribution in [-0.2, 0) is 29.9 Å². The predicted octanol–water partition coefficient (Wildman–Crippen LogP) is 8.47. The zero-order valence-corrected chi connectivity index (χ0v) is 24.0. The van der Waals surface area contributed by atoms with Crippen LogP contribution in [0.1, 0.15) is 66.2 Å². The van der Waals surface area contributed by atoms with Crippen LogP contribution in [0.5, 0.6) is 11.5 Å². The number of rotatable bonds is 9. The fourth-order valence-corrected chi connectivity index (χ4v) is 4.72. The Balaban J connectivity index is 2.18. The molecule has 5 nitrogen and oxygen atoms in total. The molecule has 3 rings (SSSR count). The van der Waals surface area contributed by atoms with Gasteiger partial charge in [-0.2, -0.15) is 39.5 Å². The number of nitrogens with zero attached hydrogens (tertiary/aromatic N) is 1. The van der Waals surface area contributed by atoms with Gasteiger partial charge in [-0.3, -0.25) is 4.79 Å². The Morgan fingerprint density at radius 2 is 1.36 bits per heavy atom. The van der Waals surface area contributed by atoms with Gasteiger partial charge in [0.1, 0.15) is 0 Å². The summed E-state index contributed by atoms with van der Waals surface area (Å²) in [7, 11) is 1.07. The van der Waals surface area contributed by atoms with E-state index in [-0.39, 0.29) is 46.9 Å². The molecule has 0 unspecified atom stereocenters. The largest absolute Gasteiger partial charge is 0.502 e. The molecule has 0 saturated carbocycles. The lowest BCUT2D eigenvalue weighted by atomic mass is 9.91. The highest BCUT2D eigenvalue weighted by Gasteiger charge is 2.38. The van der Waals surface area contributed by atoms with Gasteiger partial charge >= 0.3 is 18.5 Å². The molecule has 1 amide bonds.